The van der Waals surface area contributed by atoms with Gasteiger partial charge in [0.1, 0.15) is 5.75 Å². The third-order valence-corrected chi connectivity index (χ3v) is 3.16. The molecule has 0 atom stereocenters. The summed E-state index contributed by atoms with van der Waals surface area (Å²) in [5, 5.41) is 2.83. The van der Waals surface area contributed by atoms with Crippen molar-refractivity contribution in [2.75, 3.05) is 19.7 Å². The molecule has 4 heteroatoms. The van der Waals surface area contributed by atoms with Crippen LogP contribution in [0.5, 0.6) is 5.75 Å². The molecule has 0 aliphatic rings. The van der Waals surface area contributed by atoms with Crippen LogP contribution in [0.3, 0.4) is 0 Å². The first-order valence-electron chi connectivity index (χ1n) is 7.09. The fraction of sp³-hybridized carbons (Fsp3) is 0.562. The standard InChI is InChI=1S/C16H26N2O2/c1-12(2)11-20-14-7-5-13(6-8-14)16(3,4)15(19)18-10-9-17/h5-8,12H,9-11,17H2,1-4H3,(H,18,19). The van der Waals surface area contributed by atoms with Crippen molar-refractivity contribution in [3.05, 3.63) is 29.8 Å². The molecule has 1 rings (SSSR count). The van der Waals surface area contributed by atoms with Crippen molar-refractivity contribution in [3.63, 3.8) is 0 Å². The Morgan fingerprint density at radius 3 is 2.40 bits per heavy atom. The van der Waals surface area contributed by atoms with Crippen molar-refractivity contribution in [2.45, 2.75) is 33.1 Å². The Morgan fingerprint density at radius 2 is 1.90 bits per heavy atom. The Bertz CT molecular complexity index is 425. The Morgan fingerprint density at radius 1 is 1.30 bits per heavy atom. The highest BCUT2D eigenvalue weighted by atomic mass is 16.5. The van der Waals surface area contributed by atoms with E-state index < -0.39 is 5.41 Å². The summed E-state index contributed by atoms with van der Waals surface area (Å²) in [6.45, 7) is 9.67. The number of hydrogen-bond acceptors (Lipinski definition) is 3. The largest absolute Gasteiger partial charge is 0.493 e. The third kappa shape index (κ3) is 4.53. The number of amides is 1. The molecular formula is C16H26N2O2. The molecular weight excluding hydrogens is 252 g/mol. The lowest BCUT2D eigenvalue weighted by Crippen LogP contribution is -2.42. The summed E-state index contributed by atoms with van der Waals surface area (Å²) >= 11 is 0. The molecule has 0 saturated carbocycles. The van der Waals surface area contributed by atoms with E-state index in [0.29, 0.717) is 25.6 Å². The number of nitrogens with two attached hydrogens (primary N) is 1. The third-order valence-electron chi connectivity index (χ3n) is 3.16. The quantitative estimate of drug-likeness (QED) is 0.802. The highest BCUT2D eigenvalue weighted by Gasteiger charge is 2.29. The first kappa shape index (κ1) is 16.5. The van der Waals surface area contributed by atoms with Gasteiger partial charge in [-0.25, -0.2) is 0 Å². The molecule has 112 valence electrons. The second kappa shape index (κ2) is 7.29. The van der Waals surface area contributed by atoms with E-state index in [0.717, 1.165) is 11.3 Å². The zero-order chi connectivity index (χ0) is 15.2. The van der Waals surface area contributed by atoms with Crippen molar-refractivity contribution in [1.82, 2.24) is 5.32 Å². The van der Waals surface area contributed by atoms with E-state index in [1.54, 1.807) is 0 Å². The molecule has 1 amide bonds. The smallest absolute Gasteiger partial charge is 0.230 e. The molecule has 0 aliphatic carbocycles. The lowest BCUT2D eigenvalue weighted by atomic mass is 9.83. The molecule has 0 spiro atoms. The maximum Gasteiger partial charge on any atom is 0.230 e. The summed E-state index contributed by atoms with van der Waals surface area (Å²) in [5.74, 6) is 1.31. The van der Waals surface area contributed by atoms with Crippen LogP contribution < -0.4 is 15.8 Å². The van der Waals surface area contributed by atoms with Crippen LogP contribution in [0.2, 0.25) is 0 Å². The topological polar surface area (TPSA) is 64.3 Å². The monoisotopic (exact) mass is 278 g/mol. The van der Waals surface area contributed by atoms with E-state index in [9.17, 15) is 4.79 Å². The van der Waals surface area contributed by atoms with Gasteiger partial charge in [0.2, 0.25) is 5.91 Å². The molecule has 0 fully saturated rings. The predicted octanol–water partition coefficient (Wildman–Crippen LogP) is 2.07. The molecule has 0 saturated heterocycles. The van der Waals surface area contributed by atoms with Crippen LogP contribution in [-0.4, -0.2) is 25.6 Å². The van der Waals surface area contributed by atoms with E-state index in [2.05, 4.69) is 19.2 Å². The van der Waals surface area contributed by atoms with Crippen LogP contribution in [0.4, 0.5) is 0 Å². The number of rotatable bonds is 7. The Labute approximate surface area is 121 Å². The normalized spacial score (nSPS) is 11.5. The van der Waals surface area contributed by atoms with E-state index >= 15 is 0 Å². The molecule has 0 unspecified atom stereocenters. The minimum Gasteiger partial charge on any atom is -0.493 e. The molecule has 0 bridgehead atoms. The summed E-state index contributed by atoms with van der Waals surface area (Å²) < 4.78 is 5.64. The first-order chi connectivity index (χ1) is 9.37. The summed E-state index contributed by atoms with van der Waals surface area (Å²) in [7, 11) is 0. The van der Waals surface area contributed by atoms with Crippen LogP contribution in [0.1, 0.15) is 33.3 Å². The van der Waals surface area contributed by atoms with Crippen LogP contribution in [0.25, 0.3) is 0 Å². The second-order valence-electron chi connectivity index (χ2n) is 5.90. The van der Waals surface area contributed by atoms with Crippen molar-refractivity contribution in [2.24, 2.45) is 11.7 Å². The molecule has 20 heavy (non-hydrogen) atoms. The van der Waals surface area contributed by atoms with Crippen LogP contribution in [0.15, 0.2) is 24.3 Å². The molecule has 0 heterocycles. The van der Waals surface area contributed by atoms with Crippen LogP contribution >= 0.6 is 0 Å². The van der Waals surface area contributed by atoms with Gasteiger partial charge in [-0.1, -0.05) is 26.0 Å². The number of carbonyl (C=O) groups is 1. The van der Waals surface area contributed by atoms with Gasteiger partial charge in [-0.2, -0.15) is 0 Å². The lowest BCUT2D eigenvalue weighted by Gasteiger charge is -2.24. The Balaban J connectivity index is 2.73. The van der Waals surface area contributed by atoms with Gasteiger partial charge < -0.3 is 15.8 Å². The summed E-state index contributed by atoms with van der Waals surface area (Å²) in [6.07, 6.45) is 0. The van der Waals surface area contributed by atoms with Gasteiger partial charge >= 0.3 is 0 Å². The molecule has 1 aromatic rings. The van der Waals surface area contributed by atoms with Crippen molar-refractivity contribution in [3.8, 4) is 5.75 Å². The second-order valence-corrected chi connectivity index (χ2v) is 5.90. The molecule has 4 nitrogen and oxygen atoms in total. The van der Waals surface area contributed by atoms with E-state index in [-0.39, 0.29) is 5.91 Å². The lowest BCUT2D eigenvalue weighted by molar-refractivity contribution is -0.125. The number of ether oxygens (including phenoxy) is 1. The number of nitrogens with one attached hydrogen (secondary N) is 1. The van der Waals surface area contributed by atoms with Gasteiger partial charge in [0, 0.05) is 13.1 Å². The van der Waals surface area contributed by atoms with Gasteiger partial charge in [-0.15, -0.1) is 0 Å². The first-order valence-corrected chi connectivity index (χ1v) is 7.09. The fourth-order valence-electron chi connectivity index (χ4n) is 1.77. The minimum absolute atomic E-state index is 0.0150. The molecule has 0 aromatic heterocycles. The van der Waals surface area contributed by atoms with Crippen molar-refractivity contribution < 1.29 is 9.53 Å². The van der Waals surface area contributed by atoms with Crippen molar-refractivity contribution >= 4 is 5.91 Å². The average molecular weight is 278 g/mol. The maximum absolute atomic E-state index is 12.1. The van der Waals surface area contributed by atoms with Gasteiger partial charge in [-0.3, -0.25) is 4.79 Å². The SMILES string of the molecule is CC(C)COc1ccc(C(C)(C)C(=O)NCCN)cc1. The highest BCUT2D eigenvalue weighted by molar-refractivity contribution is 5.87. The van der Waals surface area contributed by atoms with E-state index in [1.807, 2.05) is 38.1 Å². The summed E-state index contributed by atoms with van der Waals surface area (Å²) in [4.78, 5) is 12.1. The van der Waals surface area contributed by atoms with Crippen LogP contribution in [0, 0.1) is 5.92 Å². The maximum atomic E-state index is 12.1. The highest BCUT2D eigenvalue weighted by Crippen LogP contribution is 2.25. The molecule has 1 aromatic carbocycles. The molecule has 0 aliphatic heterocycles. The predicted molar refractivity (Wildman–Crippen MR) is 81.9 cm³/mol. The van der Waals surface area contributed by atoms with Gasteiger partial charge in [0.05, 0.1) is 12.0 Å². The zero-order valence-electron chi connectivity index (χ0n) is 12.9. The summed E-state index contributed by atoms with van der Waals surface area (Å²) in [6, 6.07) is 7.71. The Kier molecular flexibility index (Phi) is 6.02. The van der Waals surface area contributed by atoms with Gasteiger partial charge in [0.15, 0.2) is 0 Å². The van der Waals surface area contributed by atoms with Crippen molar-refractivity contribution in [1.29, 1.82) is 0 Å². The zero-order valence-corrected chi connectivity index (χ0v) is 12.9. The van der Waals surface area contributed by atoms with Gasteiger partial charge in [-0.05, 0) is 37.5 Å². The number of carbonyl (C=O) groups excluding carboxylic acids is 1. The summed E-state index contributed by atoms with van der Waals surface area (Å²) in [5.41, 5.74) is 5.79. The van der Waals surface area contributed by atoms with E-state index in [1.165, 1.54) is 0 Å². The number of hydrogen-bond donors (Lipinski definition) is 2. The molecule has 0 radical (unpaired) electrons. The average Bonchev–Trinajstić information content (AvgIpc) is 2.42. The fourth-order valence-corrected chi connectivity index (χ4v) is 1.77. The number of benzene rings is 1. The van der Waals surface area contributed by atoms with Crippen LogP contribution in [-0.2, 0) is 10.2 Å². The van der Waals surface area contributed by atoms with E-state index in [4.69, 9.17) is 10.5 Å². The Hall–Kier alpha value is -1.55. The minimum atomic E-state index is -0.578. The van der Waals surface area contributed by atoms with Gasteiger partial charge in [0.25, 0.3) is 0 Å². The molecule has 3 N–H and O–H groups in total.